The number of aliphatic hydroxyl groups is 2. The van der Waals surface area contributed by atoms with Crippen molar-refractivity contribution < 1.29 is 29.4 Å². The average Bonchev–Trinajstić information content (AvgIpc) is 3.31. The molecule has 30 heavy (non-hydrogen) atoms. The van der Waals surface area contributed by atoms with Crippen molar-refractivity contribution in [3.05, 3.63) is 53.0 Å². The fourth-order valence-corrected chi connectivity index (χ4v) is 7.41. The predicted octanol–water partition coefficient (Wildman–Crippen LogP) is 3.34. The van der Waals surface area contributed by atoms with E-state index in [1.807, 2.05) is 0 Å². The maximum Gasteiger partial charge on any atom is 0.152 e. The lowest BCUT2D eigenvalue weighted by atomic mass is 9.85. The number of hydroxylamine groups is 2. The minimum atomic E-state index is -1.04. The fourth-order valence-electron chi connectivity index (χ4n) is 3.83. The molecule has 2 aliphatic carbocycles. The number of aliphatic hydroxyl groups excluding tert-OH is 2. The van der Waals surface area contributed by atoms with Crippen LogP contribution in [-0.2, 0) is 19.1 Å². The van der Waals surface area contributed by atoms with Gasteiger partial charge in [-0.15, -0.1) is 0 Å². The maximum atomic E-state index is 10.8. The van der Waals surface area contributed by atoms with Gasteiger partial charge in [0, 0.05) is 12.8 Å². The minimum Gasteiger partial charge on any atom is -0.495 e. The number of allylic oxidation sites excluding steroid dienone is 2. The zero-order valence-corrected chi connectivity index (χ0v) is 22.1. The monoisotopic (exact) mass is 674 g/mol. The van der Waals surface area contributed by atoms with Gasteiger partial charge in [-0.3, -0.25) is 20.6 Å². The van der Waals surface area contributed by atoms with E-state index in [9.17, 15) is 10.2 Å². The number of rotatable bonds is 2. The van der Waals surface area contributed by atoms with Crippen LogP contribution in [-0.4, -0.2) is 47.8 Å². The van der Waals surface area contributed by atoms with Crippen molar-refractivity contribution in [3.63, 3.8) is 0 Å². The van der Waals surface area contributed by atoms with Crippen molar-refractivity contribution in [2.75, 3.05) is 14.2 Å². The minimum absolute atomic E-state index is 0.346. The highest BCUT2D eigenvalue weighted by atomic mass is 79.9. The SMILES string of the molecule is COC1=C(Br)[C@@H](O)[C@]2(C=C1Br)C/C(=C1/C[C@]3(C=C(Br)C(OC)=C(Br)[C@H]3O)ON1)NO2. The standard InChI is InChI=1S/C18H18Br4N2O6/c1-27-13-7(19)3-17(15(25)11(13)21)5-9(23-29-17)10-6-18(30-24-10)4-8(20)14(28-2)12(22)16(18)26/h3-4,15-16,23-26H,5-6H2,1-2H3/b10-9+/t15-,16-,17+,18+/m1/s1. The number of ether oxygens (including phenoxy) is 2. The van der Waals surface area contributed by atoms with Crippen molar-refractivity contribution in [1.82, 2.24) is 11.0 Å². The van der Waals surface area contributed by atoms with Gasteiger partial charge >= 0.3 is 0 Å². The second kappa shape index (κ2) is 8.22. The molecule has 2 saturated heterocycles. The Bertz CT molecular complexity index is 871. The molecule has 0 amide bonds. The fraction of sp³-hybridized carbons (Fsp3) is 0.444. The van der Waals surface area contributed by atoms with Gasteiger partial charge in [0.1, 0.15) is 23.7 Å². The highest BCUT2D eigenvalue weighted by molar-refractivity contribution is 9.12. The Labute approximate surface area is 206 Å². The van der Waals surface area contributed by atoms with Crippen LogP contribution in [0.25, 0.3) is 0 Å². The second-order valence-electron chi connectivity index (χ2n) is 7.18. The van der Waals surface area contributed by atoms with Crippen LogP contribution in [0.2, 0.25) is 0 Å². The summed E-state index contributed by atoms with van der Waals surface area (Å²) in [5.74, 6) is 1.01. The third kappa shape index (κ3) is 3.43. The molecule has 4 rings (SSSR count). The van der Waals surface area contributed by atoms with Crippen LogP contribution in [0.4, 0.5) is 0 Å². The molecule has 2 aliphatic heterocycles. The third-order valence-electron chi connectivity index (χ3n) is 5.42. The molecule has 0 aromatic rings. The molecule has 0 unspecified atom stereocenters. The number of methoxy groups -OCH3 is 2. The average molecular weight is 678 g/mol. The van der Waals surface area contributed by atoms with Crippen molar-refractivity contribution in [2.45, 2.75) is 36.3 Å². The Morgan fingerprint density at radius 1 is 0.833 bits per heavy atom. The summed E-state index contributed by atoms with van der Waals surface area (Å²) >= 11 is 13.7. The van der Waals surface area contributed by atoms with Crippen molar-refractivity contribution in [1.29, 1.82) is 0 Å². The molecule has 2 spiro atoms. The highest BCUT2D eigenvalue weighted by Crippen LogP contribution is 2.48. The van der Waals surface area contributed by atoms with Gasteiger partial charge in [0.25, 0.3) is 0 Å². The van der Waals surface area contributed by atoms with Crippen LogP contribution in [0.1, 0.15) is 12.8 Å². The molecule has 0 radical (unpaired) electrons. The summed E-state index contributed by atoms with van der Waals surface area (Å²) in [4.78, 5) is 11.7. The predicted molar refractivity (Wildman–Crippen MR) is 122 cm³/mol. The first-order valence-electron chi connectivity index (χ1n) is 8.79. The largest absolute Gasteiger partial charge is 0.495 e. The van der Waals surface area contributed by atoms with Crippen LogP contribution in [0.5, 0.6) is 0 Å². The molecule has 2 fully saturated rings. The van der Waals surface area contributed by atoms with Gasteiger partial charge in [-0.05, 0) is 75.9 Å². The van der Waals surface area contributed by atoms with Crippen LogP contribution in [0.15, 0.2) is 53.0 Å². The van der Waals surface area contributed by atoms with Crippen LogP contribution in [0.3, 0.4) is 0 Å². The highest BCUT2D eigenvalue weighted by Gasteiger charge is 2.53. The third-order valence-corrected chi connectivity index (χ3v) is 8.19. The molecule has 4 N–H and O–H groups in total. The summed E-state index contributed by atoms with van der Waals surface area (Å²) in [5, 5.41) is 21.7. The van der Waals surface area contributed by atoms with E-state index in [2.05, 4.69) is 74.7 Å². The molecular weight excluding hydrogens is 660 g/mol. The summed E-state index contributed by atoms with van der Waals surface area (Å²) in [5.41, 5.74) is 5.15. The normalized spacial score (nSPS) is 38.7. The molecule has 0 aromatic heterocycles. The van der Waals surface area contributed by atoms with Gasteiger partial charge in [0.2, 0.25) is 0 Å². The quantitative estimate of drug-likeness (QED) is 0.354. The van der Waals surface area contributed by atoms with E-state index < -0.39 is 23.4 Å². The summed E-state index contributed by atoms with van der Waals surface area (Å²) < 4.78 is 12.9. The van der Waals surface area contributed by atoms with Crippen molar-refractivity contribution in [3.8, 4) is 0 Å². The first kappa shape index (κ1) is 22.8. The Morgan fingerprint density at radius 3 is 1.53 bits per heavy atom. The Morgan fingerprint density at radius 2 is 1.20 bits per heavy atom. The van der Waals surface area contributed by atoms with Crippen LogP contribution < -0.4 is 11.0 Å². The Kier molecular flexibility index (Phi) is 6.26. The molecule has 0 bridgehead atoms. The zero-order valence-electron chi connectivity index (χ0n) is 15.8. The molecule has 8 nitrogen and oxygen atoms in total. The Balaban J connectivity index is 1.61. The number of halogens is 4. The van der Waals surface area contributed by atoms with Gasteiger partial charge in [-0.2, -0.15) is 0 Å². The van der Waals surface area contributed by atoms with Gasteiger partial charge in [0.15, 0.2) is 11.2 Å². The summed E-state index contributed by atoms with van der Waals surface area (Å²) in [6.45, 7) is 0. The smallest absolute Gasteiger partial charge is 0.152 e. The molecular formula is C18H18Br4N2O6. The molecule has 4 aliphatic rings. The van der Waals surface area contributed by atoms with E-state index in [1.54, 1.807) is 12.2 Å². The van der Waals surface area contributed by atoms with Gasteiger partial charge in [0.05, 0.1) is 43.5 Å². The number of hydrogen-bond donors (Lipinski definition) is 4. The summed E-state index contributed by atoms with van der Waals surface area (Å²) in [6.07, 6.45) is 2.27. The summed E-state index contributed by atoms with van der Waals surface area (Å²) in [6, 6.07) is 0. The van der Waals surface area contributed by atoms with E-state index in [0.717, 1.165) is 0 Å². The lowest BCUT2D eigenvalue weighted by Crippen LogP contribution is -2.43. The van der Waals surface area contributed by atoms with Crippen molar-refractivity contribution >= 4 is 63.7 Å². The van der Waals surface area contributed by atoms with E-state index in [0.29, 0.717) is 53.7 Å². The molecule has 4 atom stereocenters. The van der Waals surface area contributed by atoms with E-state index in [1.165, 1.54) is 14.2 Å². The first-order valence-corrected chi connectivity index (χ1v) is 12.0. The number of nitrogens with one attached hydrogen (secondary N) is 2. The van der Waals surface area contributed by atoms with Crippen LogP contribution in [0, 0.1) is 0 Å². The van der Waals surface area contributed by atoms with Gasteiger partial charge in [-0.25, -0.2) is 0 Å². The lowest BCUT2D eigenvalue weighted by molar-refractivity contribution is -0.0809. The van der Waals surface area contributed by atoms with E-state index in [4.69, 9.17) is 19.1 Å². The summed E-state index contributed by atoms with van der Waals surface area (Å²) in [7, 11) is 3.05. The molecule has 2 heterocycles. The van der Waals surface area contributed by atoms with Gasteiger partial charge < -0.3 is 19.7 Å². The molecule has 164 valence electrons. The van der Waals surface area contributed by atoms with E-state index >= 15 is 0 Å². The van der Waals surface area contributed by atoms with Gasteiger partial charge in [-0.1, -0.05) is 0 Å². The van der Waals surface area contributed by atoms with Crippen molar-refractivity contribution in [2.24, 2.45) is 0 Å². The maximum absolute atomic E-state index is 10.8. The molecule has 0 saturated carbocycles. The van der Waals surface area contributed by atoms with E-state index in [-0.39, 0.29) is 0 Å². The topological polar surface area (TPSA) is 101 Å². The number of hydrogen-bond acceptors (Lipinski definition) is 8. The lowest BCUT2D eigenvalue weighted by Gasteiger charge is -2.33. The zero-order chi connectivity index (χ0) is 21.8. The Hall–Kier alpha value is -0.340. The van der Waals surface area contributed by atoms with Crippen LogP contribution >= 0.6 is 63.7 Å². The first-order chi connectivity index (χ1) is 14.2. The molecule has 0 aromatic carbocycles. The second-order valence-corrected chi connectivity index (χ2v) is 10.6. The molecule has 12 heteroatoms.